The summed E-state index contributed by atoms with van der Waals surface area (Å²) in [7, 11) is 0. The van der Waals surface area contributed by atoms with Crippen molar-refractivity contribution in [3.63, 3.8) is 0 Å². The van der Waals surface area contributed by atoms with Gasteiger partial charge in [0, 0.05) is 0 Å². The molecule has 0 saturated carbocycles. The summed E-state index contributed by atoms with van der Waals surface area (Å²) >= 11 is 0. The molecule has 290 valence electrons. The average Bonchev–Trinajstić information content (AvgIpc) is 3.23. The summed E-state index contributed by atoms with van der Waals surface area (Å²) in [5, 5.41) is 17.1. The van der Waals surface area contributed by atoms with Gasteiger partial charge in [-0.25, -0.2) is 9.59 Å². The lowest BCUT2D eigenvalue weighted by atomic mass is 10.2. The lowest BCUT2D eigenvalue weighted by Gasteiger charge is -2.10. The van der Waals surface area contributed by atoms with Crippen molar-refractivity contribution in [2.45, 2.75) is 78.1 Å². The van der Waals surface area contributed by atoms with Gasteiger partial charge >= 0.3 is 11.9 Å². The van der Waals surface area contributed by atoms with Gasteiger partial charge in [0.15, 0.2) is 11.5 Å². The number of unbranched alkanes of at least 4 members (excludes halogenated alkanes) is 8. The molecule has 0 amide bonds. The Bertz CT molecular complexity index is 1850. The summed E-state index contributed by atoms with van der Waals surface area (Å²) < 4.78 is 22.9. The molecule has 5 aromatic rings. The van der Waals surface area contributed by atoms with Crippen LogP contribution in [0.5, 0.6) is 23.0 Å². The third-order valence-electron chi connectivity index (χ3n) is 8.73. The molecule has 0 aliphatic heterocycles. The number of rotatable bonds is 22. The first kappa shape index (κ1) is 41.0. The van der Waals surface area contributed by atoms with E-state index in [1.165, 1.54) is 51.4 Å². The lowest BCUT2D eigenvalue weighted by molar-refractivity contribution is 0.0682. The van der Waals surface area contributed by atoms with E-state index in [0.29, 0.717) is 47.1 Å². The number of hydrogen-bond acceptors (Lipinski definition) is 10. The molecule has 0 aliphatic carbocycles. The smallest absolute Gasteiger partial charge is 0.343 e. The van der Waals surface area contributed by atoms with Crippen LogP contribution in [-0.4, -0.2) is 25.2 Å². The summed E-state index contributed by atoms with van der Waals surface area (Å²) in [5.41, 5.74) is 3.09. The number of carbonyl (C=O) groups excluding carboxylic acids is 2. The van der Waals surface area contributed by atoms with Gasteiger partial charge in [-0.15, -0.1) is 0 Å². The maximum atomic E-state index is 13.0. The molecule has 0 saturated heterocycles. The van der Waals surface area contributed by atoms with Crippen LogP contribution in [0.4, 0.5) is 22.7 Å². The molecule has 0 bridgehead atoms. The van der Waals surface area contributed by atoms with Gasteiger partial charge in [0.2, 0.25) is 0 Å². The van der Waals surface area contributed by atoms with E-state index in [0.717, 1.165) is 24.3 Å². The topological polar surface area (TPSA) is 121 Å². The minimum atomic E-state index is -0.618. The molecular formula is C46H50N4O6. The van der Waals surface area contributed by atoms with Crippen molar-refractivity contribution >= 4 is 34.7 Å². The van der Waals surface area contributed by atoms with Crippen molar-refractivity contribution in [3.8, 4) is 23.0 Å². The van der Waals surface area contributed by atoms with E-state index in [9.17, 15) is 9.59 Å². The van der Waals surface area contributed by atoms with Gasteiger partial charge < -0.3 is 18.9 Å². The highest BCUT2D eigenvalue weighted by molar-refractivity contribution is 5.93. The Morgan fingerprint density at radius 3 is 1.07 bits per heavy atom. The Labute approximate surface area is 329 Å². The molecule has 0 aromatic heterocycles. The molecule has 0 N–H and O–H groups in total. The summed E-state index contributed by atoms with van der Waals surface area (Å²) in [6.45, 7) is 5.82. The minimum absolute atomic E-state index is 0.104. The molecule has 10 nitrogen and oxygen atoms in total. The van der Waals surface area contributed by atoms with Gasteiger partial charge in [-0.1, -0.05) is 77.3 Å². The van der Waals surface area contributed by atoms with Gasteiger partial charge in [0.1, 0.15) is 11.5 Å². The maximum absolute atomic E-state index is 13.0. The van der Waals surface area contributed by atoms with Crippen LogP contribution < -0.4 is 18.9 Å². The molecule has 5 aromatic carbocycles. The maximum Gasteiger partial charge on any atom is 0.343 e. The summed E-state index contributed by atoms with van der Waals surface area (Å²) in [5.74, 6) is 0.582. The van der Waals surface area contributed by atoms with E-state index in [2.05, 4.69) is 34.3 Å². The molecule has 0 spiro atoms. The number of benzene rings is 5. The first-order chi connectivity index (χ1) is 27.5. The number of para-hydroxylation sites is 2. The van der Waals surface area contributed by atoms with Crippen LogP contribution in [0, 0.1) is 0 Å². The molecule has 0 fully saturated rings. The van der Waals surface area contributed by atoms with Crippen molar-refractivity contribution in [2.75, 3.05) is 13.2 Å². The van der Waals surface area contributed by atoms with E-state index < -0.39 is 11.9 Å². The molecular weight excluding hydrogens is 705 g/mol. The van der Waals surface area contributed by atoms with Crippen LogP contribution >= 0.6 is 0 Å². The van der Waals surface area contributed by atoms with E-state index in [1.807, 2.05) is 48.5 Å². The zero-order chi connectivity index (χ0) is 39.2. The zero-order valence-electron chi connectivity index (χ0n) is 32.3. The Balaban J connectivity index is 1.08. The van der Waals surface area contributed by atoms with E-state index in [4.69, 9.17) is 18.9 Å². The van der Waals surface area contributed by atoms with E-state index >= 15 is 0 Å². The van der Waals surface area contributed by atoms with Gasteiger partial charge in [-0.2, -0.15) is 20.5 Å². The van der Waals surface area contributed by atoms with Crippen molar-refractivity contribution in [1.29, 1.82) is 0 Å². The molecule has 5 rings (SSSR count). The Morgan fingerprint density at radius 2 is 0.732 bits per heavy atom. The Kier molecular flexibility index (Phi) is 16.8. The monoisotopic (exact) mass is 754 g/mol. The van der Waals surface area contributed by atoms with Crippen molar-refractivity contribution in [1.82, 2.24) is 0 Å². The quantitative estimate of drug-likeness (QED) is 0.0300. The van der Waals surface area contributed by atoms with Crippen LogP contribution in [-0.2, 0) is 0 Å². The largest absolute Gasteiger partial charge is 0.494 e. The zero-order valence-corrected chi connectivity index (χ0v) is 32.3. The Morgan fingerprint density at radius 1 is 0.411 bits per heavy atom. The molecule has 0 heterocycles. The summed E-state index contributed by atoms with van der Waals surface area (Å²) in [4.78, 5) is 26.1. The van der Waals surface area contributed by atoms with Gasteiger partial charge in [-0.3, -0.25) is 0 Å². The fraction of sp³-hybridized carbons (Fsp3) is 0.304. The van der Waals surface area contributed by atoms with Gasteiger partial charge in [0.25, 0.3) is 0 Å². The van der Waals surface area contributed by atoms with E-state index in [-0.39, 0.29) is 11.5 Å². The number of azo groups is 2. The highest BCUT2D eigenvalue weighted by Gasteiger charge is 2.16. The lowest BCUT2D eigenvalue weighted by Crippen LogP contribution is -2.12. The predicted molar refractivity (Wildman–Crippen MR) is 219 cm³/mol. The SMILES string of the molecule is CCCCCCCOc1ccc(N=Nc2ccc(C(=O)Oc3ccccc3OC(=O)c3ccc(N=Nc4ccc(OCCCCCCC)cc4)cc3)cc2)cc1. The van der Waals surface area contributed by atoms with Gasteiger partial charge in [0.05, 0.1) is 47.1 Å². The molecule has 0 atom stereocenters. The fourth-order valence-electron chi connectivity index (χ4n) is 5.51. The fourth-order valence-corrected chi connectivity index (χ4v) is 5.51. The Hall–Kier alpha value is -6.16. The van der Waals surface area contributed by atoms with Crippen molar-refractivity contribution in [3.05, 3.63) is 132 Å². The molecule has 0 radical (unpaired) electrons. The number of esters is 2. The third-order valence-corrected chi connectivity index (χ3v) is 8.73. The number of ether oxygens (including phenoxy) is 4. The number of hydrogen-bond donors (Lipinski definition) is 0. The van der Waals surface area contributed by atoms with Crippen LogP contribution in [0.15, 0.2) is 142 Å². The van der Waals surface area contributed by atoms with Crippen LogP contribution in [0.25, 0.3) is 0 Å². The van der Waals surface area contributed by atoms with E-state index in [1.54, 1.807) is 72.8 Å². The highest BCUT2D eigenvalue weighted by Crippen LogP contribution is 2.29. The van der Waals surface area contributed by atoms with Gasteiger partial charge in [-0.05, 0) is 122 Å². The molecule has 10 heteroatoms. The van der Waals surface area contributed by atoms with Crippen molar-refractivity contribution < 1.29 is 28.5 Å². The normalized spacial score (nSPS) is 11.2. The van der Waals surface area contributed by atoms with Crippen LogP contribution in [0.1, 0.15) is 98.8 Å². The molecule has 0 aliphatic rings. The molecule has 56 heavy (non-hydrogen) atoms. The average molecular weight is 755 g/mol. The second kappa shape index (κ2) is 22.9. The summed E-state index contributed by atoms with van der Waals surface area (Å²) in [6.07, 6.45) is 11.9. The second-order valence-corrected chi connectivity index (χ2v) is 13.2. The first-order valence-electron chi connectivity index (χ1n) is 19.5. The first-order valence-corrected chi connectivity index (χ1v) is 19.5. The van der Waals surface area contributed by atoms with Crippen molar-refractivity contribution in [2.24, 2.45) is 20.5 Å². The van der Waals surface area contributed by atoms with Crippen LogP contribution in [0.3, 0.4) is 0 Å². The standard InChI is InChI=1S/C46H50N4O6/c1-3-5-7-9-13-33-53-41-29-25-39(26-30-41)49-47-37-21-17-35(18-22-37)45(51)55-43-15-11-12-16-44(43)56-46(52)36-19-23-38(24-20-36)48-50-40-27-31-42(32-28-40)54-34-14-10-8-6-4-2/h11-12,15-32H,3-10,13-14,33-34H2,1-2H3. The summed E-state index contributed by atoms with van der Waals surface area (Å²) in [6, 6.07) is 34.5. The third kappa shape index (κ3) is 13.9. The number of carbonyl (C=O) groups is 2. The second-order valence-electron chi connectivity index (χ2n) is 13.2. The van der Waals surface area contributed by atoms with Crippen LogP contribution in [0.2, 0.25) is 0 Å². The number of nitrogens with zero attached hydrogens (tertiary/aromatic N) is 4. The molecule has 0 unspecified atom stereocenters. The minimum Gasteiger partial charge on any atom is -0.494 e. The predicted octanol–water partition coefficient (Wildman–Crippen LogP) is 13.7. The highest BCUT2D eigenvalue weighted by atomic mass is 16.6.